The average molecular weight is 445 g/mol. The lowest BCUT2D eigenvalue weighted by Gasteiger charge is -2.25. The molecule has 0 aliphatic heterocycles. The molecule has 26 heavy (non-hydrogen) atoms. The van der Waals surface area contributed by atoms with Gasteiger partial charge >= 0.3 is 11.9 Å². The van der Waals surface area contributed by atoms with Crippen molar-refractivity contribution in [3.8, 4) is 5.75 Å². The standard InChI is InChI=1S/C19H29BrO5Si/c1-12(26(6,7)8)24-18(22)14-9-13(17(23-5)15(20)10-14)11-16(21)25-19(2,3)4/h9-10,12H,11H2,1-8H3. The Kier molecular flexibility index (Phi) is 7.48. The number of rotatable bonds is 6. The fourth-order valence-corrected chi connectivity index (χ4v) is 3.19. The van der Waals surface area contributed by atoms with Crippen molar-refractivity contribution in [2.75, 3.05) is 7.11 Å². The Morgan fingerprint density at radius 2 is 1.77 bits per heavy atom. The summed E-state index contributed by atoms with van der Waals surface area (Å²) < 4.78 is 17.0. The molecular weight excluding hydrogens is 416 g/mol. The van der Waals surface area contributed by atoms with E-state index in [1.165, 1.54) is 7.11 Å². The molecule has 0 N–H and O–H groups in total. The highest BCUT2D eigenvalue weighted by molar-refractivity contribution is 9.10. The minimum absolute atomic E-state index is 0.00371. The van der Waals surface area contributed by atoms with E-state index < -0.39 is 19.6 Å². The summed E-state index contributed by atoms with van der Waals surface area (Å²) in [6.45, 7) is 13.8. The molecule has 0 saturated carbocycles. The Bertz CT molecular complexity index is 674. The second-order valence-electron chi connectivity index (χ2n) is 8.33. The molecule has 1 rings (SSSR count). The lowest BCUT2D eigenvalue weighted by Crippen LogP contribution is -2.39. The molecule has 7 heteroatoms. The molecule has 146 valence electrons. The lowest BCUT2D eigenvalue weighted by molar-refractivity contribution is -0.153. The van der Waals surface area contributed by atoms with E-state index in [4.69, 9.17) is 14.2 Å². The third-order valence-corrected chi connectivity index (χ3v) is 6.96. The van der Waals surface area contributed by atoms with Crippen molar-refractivity contribution in [2.45, 2.75) is 65.1 Å². The first kappa shape index (κ1) is 22.7. The predicted octanol–water partition coefficient (Wildman–Crippen LogP) is 4.76. The molecule has 0 bridgehead atoms. The largest absolute Gasteiger partial charge is 0.495 e. The molecule has 0 amide bonds. The summed E-state index contributed by atoms with van der Waals surface area (Å²) in [7, 11) is -0.0900. The van der Waals surface area contributed by atoms with Gasteiger partial charge in [0.2, 0.25) is 0 Å². The summed E-state index contributed by atoms with van der Waals surface area (Å²) >= 11 is 3.41. The van der Waals surface area contributed by atoms with Gasteiger partial charge in [0.15, 0.2) is 0 Å². The second-order valence-corrected chi connectivity index (χ2v) is 14.7. The van der Waals surface area contributed by atoms with Gasteiger partial charge in [-0.2, -0.15) is 0 Å². The van der Waals surface area contributed by atoms with Crippen molar-refractivity contribution >= 4 is 35.9 Å². The van der Waals surface area contributed by atoms with Gasteiger partial charge in [-0.05, 0) is 55.8 Å². The van der Waals surface area contributed by atoms with Gasteiger partial charge in [-0.1, -0.05) is 19.6 Å². The van der Waals surface area contributed by atoms with Crippen LogP contribution in [0.15, 0.2) is 16.6 Å². The van der Waals surface area contributed by atoms with E-state index in [1.807, 2.05) is 27.7 Å². The van der Waals surface area contributed by atoms with Crippen LogP contribution in [0.25, 0.3) is 0 Å². The van der Waals surface area contributed by atoms with Crippen LogP contribution in [0.4, 0.5) is 0 Å². The Balaban J connectivity index is 3.12. The zero-order valence-corrected chi connectivity index (χ0v) is 19.4. The zero-order chi connectivity index (χ0) is 20.3. The first-order valence-corrected chi connectivity index (χ1v) is 12.9. The van der Waals surface area contributed by atoms with Gasteiger partial charge in [0.05, 0.1) is 37.4 Å². The molecule has 0 aliphatic carbocycles. The molecule has 0 spiro atoms. The second kappa shape index (κ2) is 8.56. The van der Waals surface area contributed by atoms with E-state index in [0.717, 1.165) is 0 Å². The van der Waals surface area contributed by atoms with Crippen molar-refractivity contribution in [1.29, 1.82) is 0 Å². The summed E-state index contributed by atoms with van der Waals surface area (Å²) in [5.41, 5.74) is 0.250. The van der Waals surface area contributed by atoms with Gasteiger partial charge in [0.1, 0.15) is 11.4 Å². The van der Waals surface area contributed by atoms with Crippen LogP contribution in [0.3, 0.4) is 0 Å². The smallest absolute Gasteiger partial charge is 0.338 e. The Hall–Kier alpha value is -1.34. The van der Waals surface area contributed by atoms with Crippen LogP contribution in [0.1, 0.15) is 43.6 Å². The predicted molar refractivity (Wildman–Crippen MR) is 108 cm³/mol. The van der Waals surface area contributed by atoms with Crippen LogP contribution in [0.2, 0.25) is 19.6 Å². The first-order chi connectivity index (χ1) is 11.7. The number of hydrogen-bond acceptors (Lipinski definition) is 5. The highest BCUT2D eigenvalue weighted by Gasteiger charge is 2.27. The maximum absolute atomic E-state index is 12.5. The molecule has 1 atom stereocenters. The Labute approximate surface area is 165 Å². The van der Waals surface area contributed by atoms with Crippen LogP contribution >= 0.6 is 15.9 Å². The monoisotopic (exact) mass is 444 g/mol. The third-order valence-electron chi connectivity index (χ3n) is 3.82. The highest BCUT2D eigenvalue weighted by Crippen LogP contribution is 2.32. The molecule has 1 unspecified atom stereocenters. The van der Waals surface area contributed by atoms with E-state index in [0.29, 0.717) is 21.3 Å². The van der Waals surface area contributed by atoms with Gasteiger partial charge in [0.25, 0.3) is 0 Å². The van der Waals surface area contributed by atoms with E-state index in [1.54, 1.807) is 12.1 Å². The van der Waals surface area contributed by atoms with Crippen LogP contribution in [0, 0.1) is 0 Å². The van der Waals surface area contributed by atoms with Crippen molar-refractivity contribution in [3.63, 3.8) is 0 Å². The number of benzene rings is 1. The number of hydrogen-bond donors (Lipinski definition) is 0. The minimum atomic E-state index is -1.61. The minimum Gasteiger partial charge on any atom is -0.495 e. The molecule has 0 fully saturated rings. The summed E-state index contributed by atoms with van der Waals surface area (Å²) in [6, 6.07) is 3.28. The fourth-order valence-electron chi connectivity index (χ4n) is 2.07. The van der Waals surface area contributed by atoms with Crippen molar-refractivity contribution < 1.29 is 23.8 Å². The van der Waals surface area contributed by atoms with Crippen LogP contribution < -0.4 is 4.74 Å². The maximum atomic E-state index is 12.5. The van der Waals surface area contributed by atoms with Gasteiger partial charge in [-0.3, -0.25) is 4.79 Å². The summed E-state index contributed by atoms with van der Waals surface area (Å²) in [6.07, 6.45) is 0.00371. The Morgan fingerprint density at radius 3 is 2.23 bits per heavy atom. The SMILES string of the molecule is COc1c(Br)cc(C(=O)OC(C)[Si](C)(C)C)cc1CC(=O)OC(C)(C)C. The number of esters is 2. The molecule has 1 aromatic carbocycles. The van der Waals surface area contributed by atoms with E-state index in [2.05, 4.69) is 35.6 Å². The highest BCUT2D eigenvalue weighted by atomic mass is 79.9. The molecule has 1 aromatic rings. The molecular formula is C19H29BrO5Si. The van der Waals surface area contributed by atoms with Crippen LogP contribution in [0.5, 0.6) is 5.75 Å². The molecule has 0 saturated heterocycles. The number of carbonyl (C=O) groups is 2. The van der Waals surface area contributed by atoms with Crippen molar-refractivity contribution in [1.82, 2.24) is 0 Å². The quantitative estimate of drug-likeness (QED) is 0.467. The number of halogens is 1. The molecule has 0 aromatic heterocycles. The first-order valence-electron chi connectivity index (χ1n) is 8.54. The number of methoxy groups -OCH3 is 1. The third kappa shape index (κ3) is 6.76. The summed E-state index contributed by atoms with van der Waals surface area (Å²) in [4.78, 5) is 24.7. The normalized spacial score (nSPS) is 13.1. The van der Waals surface area contributed by atoms with E-state index >= 15 is 0 Å². The van der Waals surface area contributed by atoms with Crippen molar-refractivity contribution in [2.24, 2.45) is 0 Å². The average Bonchev–Trinajstić information content (AvgIpc) is 2.43. The lowest BCUT2D eigenvalue weighted by atomic mass is 10.1. The number of carbonyl (C=O) groups excluding carboxylic acids is 2. The van der Waals surface area contributed by atoms with Gasteiger partial charge in [0, 0.05) is 5.56 Å². The van der Waals surface area contributed by atoms with E-state index in [-0.39, 0.29) is 18.1 Å². The van der Waals surface area contributed by atoms with Crippen LogP contribution in [-0.2, 0) is 20.7 Å². The number of ether oxygens (including phenoxy) is 3. The van der Waals surface area contributed by atoms with Crippen molar-refractivity contribution in [3.05, 3.63) is 27.7 Å². The molecule has 0 radical (unpaired) electrons. The van der Waals surface area contributed by atoms with Gasteiger partial charge in [-0.15, -0.1) is 0 Å². The van der Waals surface area contributed by atoms with Gasteiger partial charge < -0.3 is 14.2 Å². The molecule has 0 heterocycles. The molecule has 5 nitrogen and oxygen atoms in total. The topological polar surface area (TPSA) is 61.8 Å². The maximum Gasteiger partial charge on any atom is 0.338 e. The van der Waals surface area contributed by atoms with Gasteiger partial charge in [-0.25, -0.2) is 4.79 Å². The molecule has 0 aliphatic rings. The Morgan fingerprint density at radius 1 is 1.19 bits per heavy atom. The van der Waals surface area contributed by atoms with E-state index in [9.17, 15) is 9.59 Å². The summed E-state index contributed by atoms with van der Waals surface area (Å²) in [5, 5.41) is 0. The summed E-state index contributed by atoms with van der Waals surface area (Å²) in [5.74, 6) is -0.289. The zero-order valence-electron chi connectivity index (χ0n) is 16.9. The van der Waals surface area contributed by atoms with Crippen LogP contribution in [-0.4, -0.2) is 38.5 Å². The fraction of sp³-hybridized carbons (Fsp3) is 0.579.